The van der Waals surface area contributed by atoms with Gasteiger partial charge in [-0.15, -0.1) is 0 Å². The van der Waals surface area contributed by atoms with Crippen LogP contribution < -0.4 is 5.32 Å². The van der Waals surface area contributed by atoms with Gasteiger partial charge < -0.3 is 15.3 Å². The van der Waals surface area contributed by atoms with Crippen molar-refractivity contribution in [3.05, 3.63) is 28.8 Å². The number of hydrogen-bond donors (Lipinski definition) is 2. The third-order valence-electron chi connectivity index (χ3n) is 2.45. The predicted octanol–water partition coefficient (Wildman–Crippen LogP) is 1.61. The van der Waals surface area contributed by atoms with Gasteiger partial charge in [0.05, 0.1) is 6.04 Å². The maximum absolute atomic E-state index is 11.6. The highest BCUT2D eigenvalue weighted by Crippen LogP contribution is 2.21. The summed E-state index contributed by atoms with van der Waals surface area (Å²) in [5.74, 6) is 0.165. The van der Waals surface area contributed by atoms with E-state index in [1.165, 1.54) is 11.0 Å². The largest absolute Gasteiger partial charge is 0.508 e. The lowest BCUT2D eigenvalue weighted by Crippen LogP contribution is -2.41. The number of likely N-dealkylation sites (N-methyl/N-ethyl adjacent to an activating group) is 1. The van der Waals surface area contributed by atoms with Gasteiger partial charge in [-0.1, -0.05) is 11.6 Å². The first-order valence-corrected chi connectivity index (χ1v) is 5.71. The second kappa shape index (κ2) is 5.89. The van der Waals surface area contributed by atoms with E-state index in [-0.39, 0.29) is 17.7 Å². The maximum Gasteiger partial charge on any atom is 0.238 e. The van der Waals surface area contributed by atoms with Crippen molar-refractivity contribution in [2.24, 2.45) is 0 Å². The van der Waals surface area contributed by atoms with Gasteiger partial charge in [0.1, 0.15) is 5.75 Å². The normalized spacial score (nSPS) is 12.2. The van der Waals surface area contributed by atoms with Crippen molar-refractivity contribution >= 4 is 17.5 Å². The topological polar surface area (TPSA) is 52.6 Å². The molecule has 0 aromatic heterocycles. The van der Waals surface area contributed by atoms with Crippen LogP contribution in [0.5, 0.6) is 5.75 Å². The van der Waals surface area contributed by atoms with Gasteiger partial charge in [0.15, 0.2) is 0 Å². The van der Waals surface area contributed by atoms with Crippen LogP contribution in [-0.2, 0) is 11.3 Å². The van der Waals surface area contributed by atoms with Gasteiger partial charge in [-0.3, -0.25) is 4.79 Å². The fourth-order valence-corrected chi connectivity index (χ4v) is 1.63. The second-order valence-electron chi connectivity index (χ2n) is 4.11. The standard InChI is InChI=1S/C12H17ClN2O2/c1-8(12(17)15(2)3)14-7-9-6-10(13)4-5-11(9)16/h4-6,8,14,16H,7H2,1-3H3. The first kappa shape index (κ1) is 13.8. The molecule has 2 N–H and O–H groups in total. The molecule has 0 aliphatic rings. The van der Waals surface area contributed by atoms with E-state index in [1.54, 1.807) is 33.2 Å². The van der Waals surface area contributed by atoms with Gasteiger partial charge in [-0.05, 0) is 25.1 Å². The summed E-state index contributed by atoms with van der Waals surface area (Å²) in [5, 5.41) is 13.2. The molecule has 1 amide bonds. The summed E-state index contributed by atoms with van der Waals surface area (Å²) >= 11 is 5.83. The molecule has 0 aliphatic carbocycles. The summed E-state index contributed by atoms with van der Waals surface area (Å²) in [6, 6.07) is 4.53. The smallest absolute Gasteiger partial charge is 0.238 e. The molecule has 0 bridgehead atoms. The lowest BCUT2D eigenvalue weighted by Gasteiger charge is -2.18. The number of halogens is 1. The number of nitrogens with zero attached hydrogens (tertiary/aromatic N) is 1. The highest BCUT2D eigenvalue weighted by Gasteiger charge is 2.14. The Morgan fingerprint density at radius 1 is 1.53 bits per heavy atom. The second-order valence-corrected chi connectivity index (χ2v) is 4.54. The highest BCUT2D eigenvalue weighted by molar-refractivity contribution is 6.30. The van der Waals surface area contributed by atoms with Gasteiger partial charge in [-0.25, -0.2) is 0 Å². The van der Waals surface area contributed by atoms with E-state index in [9.17, 15) is 9.90 Å². The monoisotopic (exact) mass is 256 g/mol. The number of nitrogens with one attached hydrogen (secondary N) is 1. The zero-order valence-electron chi connectivity index (χ0n) is 10.2. The molecule has 0 heterocycles. The number of benzene rings is 1. The third kappa shape index (κ3) is 3.91. The minimum Gasteiger partial charge on any atom is -0.508 e. The maximum atomic E-state index is 11.6. The Kier molecular flexibility index (Phi) is 4.78. The minimum absolute atomic E-state index is 0.00785. The Bertz CT molecular complexity index is 407. The summed E-state index contributed by atoms with van der Waals surface area (Å²) in [6.45, 7) is 2.18. The number of phenolic OH excluding ortho intramolecular Hbond substituents is 1. The average molecular weight is 257 g/mol. The number of carbonyl (C=O) groups is 1. The fraction of sp³-hybridized carbons (Fsp3) is 0.417. The molecule has 1 rings (SSSR count). The highest BCUT2D eigenvalue weighted by atomic mass is 35.5. The van der Waals surface area contributed by atoms with E-state index < -0.39 is 0 Å². The third-order valence-corrected chi connectivity index (χ3v) is 2.69. The zero-order chi connectivity index (χ0) is 13.0. The molecule has 17 heavy (non-hydrogen) atoms. The first-order valence-electron chi connectivity index (χ1n) is 5.33. The van der Waals surface area contributed by atoms with Gasteiger partial charge in [0.2, 0.25) is 5.91 Å². The van der Waals surface area contributed by atoms with E-state index in [2.05, 4.69) is 5.32 Å². The summed E-state index contributed by atoms with van der Waals surface area (Å²) in [5.41, 5.74) is 0.677. The Labute approximate surface area is 106 Å². The van der Waals surface area contributed by atoms with Crippen LogP contribution in [-0.4, -0.2) is 36.1 Å². The molecule has 1 aromatic carbocycles. The van der Waals surface area contributed by atoms with E-state index in [4.69, 9.17) is 11.6 Å². The van der Waals surface area contributed by atoms with Crippen molar-refractivity contribution in [2.45, 2.75) is 19.5 Å². The lowest BCUT2D eigenvalue weighted by atomic mass is 10.2. The molecule has 1 aromatic rings. The van der Waals surface area contributed by atoms with E-state index in [0.717, 1.165) is 0 Å². The van der Waals surface area contributed by atoms with Crippen molar-refractivity contribution in [1.82, 2.24) is 10.2 Å². The summed E-state index contributed by atoms with van der Waals surface area (Å²) in [6.07, 6.45) is 0. The van der Waals surface area contributed by atoms with Crippen molar-refractivity contribution in [1.29, 1.82) is 0 Å². The van der Waals surface area contributed by atoms with Crippen LogP contribution in [0.3, 0.4) is 0 Å². The SMILES string of the molecule is CC(NCc1cc(Cl)ccc1O)C(=O)N(C)C. The van der Waals surface area contributed by atoms with Crippen molar-refractivity contribution in [3.8, 4) is 5.75 Å². The molecule has 0 radical (unpaired) electrons. The molecule has 1 unspecified atom stereocenters. The van der Waals surface area contributed by atoms with Crippen LogP contribution in [0.15, 0.2) is 18.2 Å². The first-order chi connectivity index (χ1) is 7.91. The van der Waals surface area contributed by atoms with Gasteiger partial charge in [-0.2, -0.15) is 0 Å². The number of phenols is 1. The molecule has 94 valence electrons. The average Bonchev–Trinajstić information content (AvgIpc) is 2.28. The summed E-state index contributed by atoms with van der Waals surface area (Å²) in [4.78, 5) is 13.1. The van der Waals surface area contributed by atoms with E-state index in [0.29, 0.717) is 17.1 Å². The molecular weight excluding hydrogens is 240 g/mol. The molecular formula is C12H17ClN2O2. The Morgan fingerprint density at radius 2 is 2.18 bits per heavy atom. The molecule has 0 fully saturated rings. The summed E-state index contributed by atoms with van der Waals surface area (Å²) in [7, 11) is 3.41. The van der Waals surface area contributed by atoms with Crippen molar-refractivity contribution < 1.29 is 9.90 Å². The van der Waals surface area contributed by atoms with Crippen LogP contribution in [0.1, 0.15) is 12.5 Å². The van der Waals surface area contributed by atoms with Crippen molar-refractivity contribution in [3.63, 3.8) is 0 Å². The van der Waals surface area contributed by atoms with Crippen LogP contribution in [0.25, 0.3) is 0 Å². The molecule has 0 spiro atoms. The molecule has 4 nitrogen and oxygen atoms in total. The quantitative estimate of drug-likeness (QED) is 0.861. The number of carbonyl (C=O) groups excluding carboxylic acids is 1. The summed E-state index contributed by atoms with van der Waals surface area (Å²) < 4.78 is 0. The van der Waals surface area contributed by atoms with E-state index >= 15 is 0 Å². The van der Waals surface area contributed by atoms with Crippen LogP contribution in [0, 0.1) is 0 Å². The molecule has 0 saturated carbocycles. The number of aromatic hydroxyl groups is 1. The molecule has 0 saturated heterocycles. The zero-order valence-corrected chi connectivity index (χ0v) is 11.0. The minimum atomic E-state index is -0.302. The number of rotatable bonds is 4. The van der Waals surface area contributed by atoms with Crippen molar-refractivity contribution in [2.75, 3.05) is 14.1 Å². The Morgan fingerprint density at radius 3 is 2.76 bits per heavy atom. The number of amides is 1. The molecule has 1 atom stereocenters. The molecule has 0 aliphatic heterocycles. The predicted molar refractivity (Wildman–Crippen MR) is 68.1 cm³/mol. The van der Waals surface area contributed by atoms with Gasteiger partial charge in [0.25, 0.3) is 0 Å². The van der Waals surface area contributed by atoms with Gasteiger partial charge in [0, 0.05) is 31.2 Å². The fourth-order valence-electron chi connectivity index (χ4n) is 1.43. The van der Waals surface area contributed by atoms with Crippen LogP contribution in [0.4, 0.5) is 0 Å². The number of hydrogen-bond acceptors (Lipinski definition) is 3. The molecule has 5 heteroatoms. The van der Waals surface area contributed by atoms with Crippen LogP contribution >= 0.6 is 11.6 Å². The van der Waals surface area contributed by atoms with Gasteiger partial charge >= 0.3 is 0 Å². The Hall–Kier alpha value is -1.26. The lowest BCUT2D eigenvalue weighted by molar-refractivity contribution is -0.130. The van der Waals surface area contributed by atoms with Crippen LogP contribution in [0.2, 0.25) is 5.02 Å². The van der Waals surface area contributed by atoms with E-state index in [1.807, 2.05) is 0 Å². The Balaban J connectivity index is 2.61.